The molecule has 0 aliphatic carbocycles. The molecule has 0 unspecified atom stereocenters. The standard InChI is InChI=1S/C14H12F5N6S.ClH.Zn/c1-4-26-12-9(20-6-24(12)2)11-21-7-5-8(13(15,16)14(17,18)19)22-23-10(7)25(11)3;;/h5H,4H2,1-3H3;1H;/q;;+1/p-1. The SMILES string of the molecule is CCSc1c(-c2nc3cc(C(F)(F)C(F)(F)F)nnc3n2C)n[c]([Zn][Cl])n1C. The number of thioether (sulfide) groups is 1. The number of halogens is 6. The summed E-state index contributed by atoms with van der Waals surface area (Å²) >= 11 is -0.0587. The first-order valence-corrected chi connectivity index (χ1v) is 14.3. The van der Waals surface area contributed by atoms with Gasteiger partial charge in [0.15, 0.2) is 0 Å². The van der Waals surface area contributed by atoms with Crippen LogP contribution in [0.3, 0.4) is 0 Å². The van der Waals surface area contributed by atoms with Gasteiger partial charge in [0, 0.05) is 0 Å². The van der Waals surface area contributed by atoms with Crippen molar-refractivity contribution in [3.63, 3.8) is 0 Å². The summed E-state index contributed by atoms with van der Waals surface area (Å²) in [5, 5.41) is 7.42. The number of aromatic nitrogens is 6. The Kier molecular flexibility index (Phi) is 5.72. The van der Waals surface area contributed by atoms with Crippen LogP contribution < -0.4 is 4.42 Å². The molecular formula is C14H12ClF5N6SZn. The van der Waals surface area contributed by atoms with Crippen LogP contribution in [0, 0.1) is 0 Å². The van der Waals surface area contributed by atoms with Crippen LogP contribution in [0.5, 0.6) is 0 Å². The minimum atomic E-state index is -5.78. The second-order valence-corrected chi connectivity index (χ2v) is 10.3. The van der Waals surface area contributed by atoms with Crippen LogP contribution >= 0.6 is 21.5 Å². The Balaban J connectivity index is 2.19. The van der Waals surface area contributed by atoms with Crippen LogP contribution in [0.15, 0.2) is 11.1 Å². The number of imidazole rings is 2. The molecule has 0 fully saturated rings. The molecule has 0 N–H and O–H groups in total. The number of hydrogen-bond acceptors (Lipinski definition) is 5. The van der Waals surface area contributed by atoms with E-state index in [0.717, 1.165) is 15.2 Å². The van der Waals surface area contributed by atoms with Gasteiger partial charge in [-0.1, -0.05) is 0 Å². The summed E-state index contributed by atoms with van der Waals surface area (Å²) in [4.78, 5) is 8.74. The van der Waals surface area contributed by atoms with Crippen LogP contribution in [0.2, 0.25) is 0 Å². The van der Waals surface area contributed by atoms with Gasteiger partial charge in [-0.25, -0.2) is 0 Å². The van der Waals surface area contributed by atoms with E-state index in [2.05, 4.69) is 20.2 Å². The quantitative estimate of drug-likeness (QED) is 0.311. The number of hydrogen-bond donors (Lipinski definition) is 0. The zero-order valence-electron chi connectivity index (χ0n) is 14.9. The van der Waals surface area contributed by atoms with Gasteiger partial charge >= 0.3 is 172 Å². The van der Waals surface area contributed by atoms with Gasteiger partial charge in [-0.2, -0.15) is 0 Å². The average molecular weight is 492 g/mol. The molecule has 3 aromatic rings. The van der Waals surface area contributed by atoms with E-state index < -0.39 is 33.9 Å². The van der Waals surface area contributed by atoms with Crippen LogP contribution in [-0.4, -0.2) is 41.2 Å². The fourth-order valence-corrected chi connectivity index (χ4v) is 6.09. The van der Waals surface area contributed by atoms with Gasteiger partial charge < -0.3 is 0 Å². The number of fused-ring (bicyclic) bond motifs is 1. The molecule has 3 heterocycles. The molecule has 148 valence electrons. The van der Waals surface area contributed by atoms with Crippen molar-refractivity contribution in [2.75, 3.05) is 5.75 Å². The topological polar surface area (TPSA) is 61.4 Å². The Morgan fingerprint density at radius 1 is 1.11 bits per heavy atom. The van der Waals surface area contributed by atoms with Crippen molar-refractivity contribution in [1.82, 2.24) is 29.3 Å². The van der Waals surface area contributed by atoms with Crippen LogP contribution in [-0.2, 0) is 36.2 Å². The summed E-state index contributed by atoms with van der Waals surface area (Å²) in [5.74, 6) is -4.09. The third-order valence-electron chi connectivity index (χ3n) is 4.04. The Hall–Kier alpha value is -1.33. The Bertz CT molecular complexity index is 1030. The van der Waals surface area contributed by atoms with E-state index in [1.165, 1.54) is 16.3 Å². The van der Waals surface area contributed by atoms with Gasteiger partial charge in [0.05, 0.1) is 0 Å². The van der Waals surface area contributed by atoms with Crippen molar-refractivity contribution >= 4 is 37.0 Å². The van der Waals surface area contributed by atoms with Crippen molar-refractivity contribution in [3.05, 3.63) is 11.8 Å². The fourth-order valence-electron chi connectivity index (χ4n) is 2.59. The molecule has 0 aliphatic rings. The van der Waals surface area contributed by atoms with Crippen molar-refractivity contribution in [3.8, 4) is 11.5 Å². The van der Waals surface area contributed by atoms with E-state index in [0.29, 0.717) is 17.6 Å². The third-order valence-corrected chi connectivity index (χ3v) is 8.14. The maximum atomic E-state index is 13.6. The second kappa shape index (κ2) is 7.49. The fraction of sp³-hybridized carbons (Fsp3) is 0.429. The molecule has 0 atom stereocenters. The first-order chi connectivity index (χ1) is 13.0. The second-order valence-electron chi connectivity index (χ2n) is 5.81. The van der Waals surface area contributed by atoms with E-state index >= 15 is 0 Å². The molecular weight excluding hydrogens is 480 g/mol. The van der Waals surface area contributed by atoms with E-state index in [9.17, 15) is 22.0 Å². The van der Waals surface area contributed by atoms with Gasteiger partial charge in [0.25, 0.3) is 0 Å². The summed E-state index contributed by atoms with van der Waals surface area (Å²) in [5.41, 5.74) is -1.07. The summed E-state index contributed by atoms with van der Waals surface area (Å²) in [6.45, 7) is 1.95. The van der Waals surface area contributed by atoms with Crippen LogP contribution in [0.25, 0.3) is 22.7 Å². The van der Waals surface area contributed by atoms with Gasteiger partial charge in [-0.3, -0.25) is 0 Å². The molecule has 0 saturated heterocycles. The Labute approximate surface area is 171 Å². The zero-order valence-corrected chi connectivity index (χ0v) is 19.4. The predicted octanol–water partition coefficient (Wildman–Crippen LogP) is 3.39. The molecule has 0 aliphatic heterocycles. The predicted molar refractivity (Wildman–Crippen MR) is 90.3 cm³/mol. The third kappa shape index (κ3) is 3.41. The van der Waals surface area contributed by atoms with Gasteiger partial charge in [0.1, 0.15) is 0 Å². The normalized spacial score (nSPS) is 12.6. The maximum absolute atomic E-state index is 13.6. The van der Waals surface area contributed by atoms with E-state index in [1.807, 2.05) is 18.5 Å². The van der Waals surface area contributed by atoms with Gasteiger partial charge in [-0.05, 0) is 0 Å². The Morgan fingerprint density at radius 2 is 1.79 bits per heavy atom. The van der Waals surface area contributed by atoms with E-state index in [1.54, 1.807) is 7.05 Å². The minimum absolute atomic E-state index is 0.0729. The van der Waals surface area contributed by atoms with Crippen molar-refractivity contribution in [2.45, 2.75) is 24.0 Å². The van der Waals surface area contributed by atoms with E-state index in [4.69, 9.17) is 9.69 Å². The first-order valence-electron chi connectivity index (χ1n) is 7.92. The summed E-state index contributed by atoms with van der Waals surface area (Å²) in [6.07, 6.45) is -5.78. The first kappa shape index (κ1) is 21.4. The van der Waals surface area contributed by atoms with E-state index in [-0.39, 0.29) is 11.2 Å². The number of alkyl halides is 5. The van der Waals surface area contributed by atoms with Gasteiger partial charge in [0.2, 0.25) is 0 Å². The molecule has 0 radical (unpaired) electrons. The van der Waals surface area contributed by atoms with Crippen LogP contribution in [0.1, 0.15) is 12.6 Å². The molecule has 0 aromatic carbocycles. The number of nitrogens with zero attached hydrogens (tertiary/aromatic N) is 6. The average Bonchev–Trinajstić information content (AvgIpc) is 3.11. The molecule has 0 spiro atoms. The van der Waals surface area contributed by atoms with Crippen LogP contribution in [0.4, 0.5) is 22.0 Å². The molecule has 0 bridgehead atoms. The Morgan fingerprint density at radius 3 is 2.36 bits per heavy atom. The zero-order chi connectivity index (χ0) is 20.9. The molecule has 14 heteroatoms. The summed E-state index contributed by atoms with van der Waals surface area (Å²) in [7, 11) is 9.48. The molecule has 0 amide bonds. The number of rotatable bonds is 5. The number of aryl methyl sites for hydroxylation is 1. The van der Waals surface area contributed by atoms with Crippen molar-refractivity contribution < 1.29 is 38.1 Å². The van der Waals surface area contributed by atoms with Gasteiger partial charge in [-0.15, -0.1) is 0 Å². The molecule has 3 rings (SSSR count). The van der Waals surface area contributed by atoms with Crippen molar-refractivity contribution in [1.29, 1.82) is 0 Å². The molecule has 28 heavy (non-hydrogen) atoms. The molecule has 3 aromatic heterocycles. The monoisotopic (exact) mass is 490 g/mol. The molecule has 6 nitrogen and oxygen atoms in total. The summed E-state index contributed by atoms with van der Waals surface area (Å²) in [6, 6.07) is 0.606. The van der Waals surface area contributed by atoms with Crippen molar-refractivity contribution in [2.24, 2.45) is 14.1 Å². The summed E-state index contributed by atoms with van der Waals surface area (Å²) < 4.78 is 69.2. The molecule has 0 saturated carbocycles.